The second-order valence-electron chi connectivity index (χ2n) is 6.38. The van der Waals surface area contributed by atoms with Gasteiger partial charge in [-0.05, 0) is 35.2 Å². The molecule has 4 heterocycles. The Morgan fingerprint density at radius 2 is 1.71 bits per heavy atom. The van der Waals surface area contributed by atoms with Gasteiger partial charge in [-0.15, -0.1) is 0 Å². The minimum atomic E-state index is -0.485. The molecule has 0 aliphatic carbocycles. The molecule has 0 spiro atoms. The van der Waals surface area contributed by atoms with E-state index in [0.717, 1.165) is 22.1 Å². The number of halogens is 2. The van der Waals surface area contributed by atoms with E-state index in [0.29, 0.717) is 30.7 Å². The molecule has 142 valence electrons. The molecule has 6 nitrogen and oxygen atoms in total. The lowest BCUT2D eigenvalue weighted by Crippen LogP contribution is -2.01. The van der Waals surface area contributed by atoms with Gasteiger partial charge in [0.05, 0.1) is 13.3 Å². The molecule has 0 aromatic carbocycles. The topological polar surface area (TPSA) is 76.6 Å². The maximum atomic E-state index is 13.7. The Morgan fingerprint density at radius 3 is 2.46 bits per heavy atom. The number of fused-ring (bicyclic) bond motifs is 1. The minimum absolute atomic E-state index is 0.0169. The average Bonchev–Trinajstić information content (AvgIpc) is 3.09. The average molecular weight is 381 g/mol. The number of H-pyrrole nitrogens is 1. The molecule has 0 aliphatic heterocycles. The summed E-state index contributed by atoms with van der Waals surface area (Å²) in [4.78, 5) is 19.7. The van der Waals surface area contributed by atoms with E-state index in [4.69, 9.17) is 4.74 Å². The Morgan fingerprint density at radius 1 is 0.929 bits per heavy atom. The molecule has 8 heteroatoms. The summed E-state index contributed by atoms with van der Waals surface area (Å²) in [7, 11) is 1.38. The number of hydrogen-bond acceptors (Lipinski definition) is 5. The fraction of sp³-hybridized carbons (Fsp3) is 0.200. The summed E-state index contributed by atoms with van der Waals surface area (Å²) >= 11 is 0. The van der Waals surface area contributed by atoms with Gasteiger partial charge in [-0.2, -0.15) is 0 Å². The third-order valence-corrected chi connectivity index (χ3v) is 4.43. The van der Waals surface area contributed by atoms with Crippen molar-refractivity contribution in [2.45, 2.75) is 19.3 Å². The van der Waals surface area contributed by atoms with Crippen LogP contribution in [0.1, 0.15) is 22.5 Å². The first-order valence-electron chi connectivity index (χ1n) is 8.72. The molecule has 0 bridgehead atoms. The van der Waals surface area contributed by atoms with E-state index in [1.54, 1.807) is 18.6 Å². The van der Waals surface area contributed by atoms with Gasteiger partial charge in [-0.3, -0.25) is 0 Å². The number of aryl methyl sites for hydroxylation is 2. The number of nitrogens with one attached hydrogen (secondary N) is 1. The third kappa shape index (κ3) is 3.80. The molecule has 0 saturated heterocycles. The van der Waals surface area contributed by atoms with Gasteiger partial charge in [-0.1, -0.05) is 0 Å². The van der Waals surface area contributed by atoms with Crippen molar-refractivity contribution in [1.29, 1.82) is 0 Å². The van der Waals surface area contributed by atoms with Crippen LogP contribution in [0.2, 0.25) is 0 Å². The van der Waals surface area contributed by atoms with E-state index >= 15 is 0 Å². The van der Waals surface area contributed by atoms with Crippen molar-refractivity contribution in [2.75, 3.05) is 7.11 Å². The predicted molar refractivity (Wildman–Crippen MR) is 99.0 cm³/mol. The zero-order valence-electron chi connectivity index (χ0n) is 15.1. The Bertz CT molecular complexity index is 1110. The van der Waals surface area contributed by atoms with E-state index in [-0.39, 0.29) is 11.7 Å². The molecular formula is C20H17F2N5O. The highest BCUT2D eigenvalue weighted by Gasteiger charge is 2.09. The molecule has 0 aliphatic rings. The molecule has 28 heavy (non-hydrogen) atoms. The lowest BCUT2D eigenvalue weighted by molar-refractivity contribution is 0.368. The van der Waals surface area contributed by atoms with Crippen molar-refractivity contribution in [2.24, 2.45) is 0 Å². The summed E-state index contributed by atoms with van der Waals surface area (Å²) in [6, 6.07) is 2.87. The Labute approximate surface area is 159 Å². The summed E-state index contributed by atoms with van der Waals surface area (Å²) in [5, 5.41) is 0.748. The highest BCUT2D eigenvalue weighted by molar-refractivity contribution is 5.79. The highest BCUT2D eigenvalue weighted by atomic mass is 19.1. The van der Waals surface area contributed by atoms with Gasteiger partial charge < -0.3 is 9.72 Å². The van der Waals surface area contributed by atoms with E-state index < -0.39 is 5.82 Å². The highest BCUT2D eigenvalue weighted by Crippen LogP contribution is 2.20. The van der Waals surface area contributed by atoms with Crippen LogP contribution in [0.15, 0.2) is 43.1 Å². The van der Waals surface area contributed by atoms with Crippen molar-refractivity contribution in [3.63, 3.8) is 0 Å². The van der Waals surface area contributed by atoms with E-state index in [9.17, 15) is 8.78 Å². The van der Waals surface area contributed by atoms with Gasteiger partial charge in [0.1, 0.15) is 17.3 Å². The summed E-state index contributed by atoms with van der Waals surface area (Å²) in [6.07, 6.45) is 9.79. The van der Waals surface area contributed by atoms with Gasteiger partial charge in [0, 0.05) is 43.0 Å². The van der Waals surface area contributed by atoms with Crippen LogP contribution in [0.25, 0.3) is 11.0 Å². The van der Waals surface area contributed by atoms with Crippen molar-refractivity contribution in [3.05, 3.63) is 77.3 Å². The number of rotatable bonds is 6. The molecule has 4 rings (SSSR count). The zero-order valence-corrected chi connectivity index (χ0v) is 15.1. The summed E-state index contributed by atoms with van der Waals surface area (Å²) in [5.74, 6) is -0.214. The maximum absolute atomic E-state index is 13.7. The third-order valence-electron chi connectivity index (χ3n) is 4.43. The molecule has 0 saturated carbocycles. The molecule has 1 N–H and O–H groups in total. The lowest BCUT2D eigenvalue weighted by atomic mass is 10.1. The van der Waals surface area contributed by atoms with Gasteiger partial charge in [0.15, 0.2) is 5.82 Å². The minimum Gasteiger partial charge on any atom is -0.479 e. The molecule has 4 aromatic heterocycles. The fourth-order valence-electron chi connectivity index (χ4n) is 3.01. The molecule has 0 fully saturated rings. The van der Waals surface area contributed by atoms with Gasteiger partial charge in [0.2, 0.25) is 5.88 Å². The number of methoxy groups -OCH3 is 1. The van der Waals surface area contributed by atoms with Crippen molar-refractivity contribution in [3.8, 4) is 5.88 Å². The van der Waals surface area contributed by atoms with E-state index in [1.165, 1.54) is 25.4 Å². The fourth-order valence-corrected chi connectivity index (χ4v) is 3.01. The summed E-state index contributed by atoms with van der Waals surface area (Å²) < 4.78 is 32.0. The second-order valence-corrected chi connectivity index (χ2v) is 6.38. The summed E-state index contributed by atoms with van der Waals surface area (Å²) in [6.45, 7) is 0. The number of aromatic nitrogens is 5. The van der Waals surface area contributed by atoms with Gasteiger partial charge in [0.25, 0.3) is 0 Å². The summed E-state index contributed by atoms with van der Waals surface area (Å²) in [5.41, 5.74) is 3.23. The Balaban J connectivity index is 1.42. The largest absolute Gasteiger partial charge is 0.479 e. The van der Waals surface area contributed by atoms with Crippen LogP contribution < -0.4 is 4.74 Å². The van der Waals surface area contributed by atoms with Crippen LogP contribution in [0, 0.1) is 11.6 Å². The first-order valence-corrected chi connectivity index (χ1v) is 8.72. The van der Waals surface area contributed by atoms with Crippen molar-refractivity contribution in [1.82, 2.24) is 24.9 Å². The quantitative estimate of drug-likeness (QED) is 0.554. The van der Waals surface area contributed by atoms with Crippen LogP contribution in [0.5, 0.6) is 5.88 Å². The van der Waals surface area contributed by atoms with Crippen LogP contribution in [0.3, 0.4) is 0 Å². The Hall–Kier alpha value is -3.42. The molecule has 0 amide bonds. The molecule has 0 unspecified atom stereocenters. The number of nitrogens with zero attached hydrogens (tertiary/aromatic N) is 4. The number of aromatic amines is 1. The lowest BCUT2D eigenvalue weighted by Gasteiger charge is -2.05. The maximum Gasteiger partial charge on any atom is 0.250 e. The standard InChI is InChI=1S/C20H17F2N5O/c1-28-20-17(22)5-12(7-27-20)2-3-18-23-8-13(9-24-18)4-14-10-25-19-16(14)6-15(21)11-26-19/h5-11H,2-4H2,1H3,(H,25,26). The number of ether oxygens (including phenoxy) is 1. The SMILES string of the molecule is COc1ncc(CCc2ncc(Cc3c[nH]c4ncc(F)cc34)cn2)cc1F. The van der Waals surface area contributed by atoms with Gasteiger partial charge >= 0.3 is 0 Å². The predicted octanol–water partition coefficient (Wildman–Crippen LogP) is 3.41. The second kappa shape index (κ2) is 7.67. The molecular weight excluding hydrogens is 364 g/mol. The molecule has 0 atom stereocenters. The van der Waals surface area contributed by atoms with Crippen molar-refractivity contribution >= 4 is 11.0 Å². The van der Waals surface area contributed by atoms with Gasteiger partial charge in [-0.25, -0.2) is 28.7 Å². The first-order chi connectivity index (χ1) is 13.6. The number of pyridine rings is 2. The van der Waals surface area contributed by atoms with Crippen LogP contribution in [0.4, 0.5) is 8.78 Å². The zero-order chi connectivity index (χ0) is 19.5. The van der Waals surface area contributed by atoms with Crippen LogP contribution in [-0.2, 0) is 19.3 Å². The molecule has 4 aromatic rings. The normalized spacial score (nSPS) is 11.1. The van der Waals surface area contributed by atoms with Crippen LogP contribution in [-0.4, -0.2) is 32.0 Å². The molecule has 0 radical (unpaired) electrons. The Kier molecular flexibility index (Phi) is 4.92. The van der Waals surface area contributed by atoms with Crippen molar-refractivity contribution < 1.29 is 13.5 Å². The van der Waals surface area contributed by atoms with E-state index in [2.05, 4.69) is 24.9 Å². The smallest absolute Gasteiger partial charge is 0.250 e. The first kappa shape index (κ1) is 18.0. The van der Waals surface area contributed by atoms with Crippen LogP contribution >= 0.6 is 0 Å². The number of hydrogen-bond donors (Lipinski definition) is 1. The van der Waals surface area contributed by atoms with E-state index in [1.807, 2.05) is 6.20 Å². The monoisotopic (exact) mass is 381 g/mol.